The zero-order valence-electron chi connectivity index (χ0n) is 8.15. The molecule has 0 saturated carbocycles. The second-order valence-corrected chi connectivity index (χ2v) is 2.73. The van der Waals surface area contributed by atoms with E-state index in [1.54, 1.807) is 12.1 Å². The lowest BCUT2D eigenvalue weighted by molar-refractivity contribution is 0.299. The second-order valence-electron chi connectivity index (χ2n) is 2.73. The summed E-state index contributed by atoms with van der Waals surface area (Å²) in [5, 5.41) is 16.9. The van der Waals surface area contributed by atoms with Crippen LogP contribution in [0.15, 0.2) is 24.3 Å². The van der Waals surface area contributed by atoms with Crippen LogP contribution in [0.1, 0.15) is 5.56 Å². The third-order valence-electron chi connectivity index (χ3n) is 1.45. The molecule has 0 aliphatic carbocycles. The van der Waals surface area contributed by atoms with Crippen LogP contribution >= 0.6 is 0 Å². The Morgan fingerprint density at radius 1 is 1.12 bits per heavy atom. The quantitative estimate of drug-likeness (QED) is 0.487. The molecule has 1 aromatic carbocycles. The van der Waals surface area contributed by atoms with E-state index in [2.05, 4.69) is 4.98 Å². The molecule has 0 unspecified atom stereocenters. The van der Waals surface area contributed by atoms with Crippen molar-refractivity contribution in [3.63, 3.8) is 0 Å². The fraction of sp³-hybridized carbons (Fsp3) is 0.250. The molecule has 3 nitrogen and oxygen atoms in total. The molecule has 88 valence electrons. The maximum atomic E-state index is 9.75. The number of aliphatic hydroxyl groups excluding tert-OH is 1. The van der Waals surface area contributed by atoms with Crippen molar-refractivity contribution >= 4 is 12.9 Å². The van der Waals surface area contributed by atoms with Crippen LogP contribution in [0.5, 0.6) is 0 Å². The Balaban J connectivity index is 0.000000385. The van der Waals surface area contributed by atoms with Crippen LogP contribution in [0, 0.1) is 5.39 Å². The van der Waals surface area contributed by atoms with E-state index in [9.17, 15) is 17.3 Å². The molecular weight excluding hydrogens is 227 g/mol. The van der Waals surface area contributed by atoms with E-state index in [1.807, 2.05) is 12.1 Å². The highest BCUT2D eigenvalue weighted by Crippen LogP contribution is 2.12. The highest BCUT2D eigenvalue weighted by Gasteiger charge is 2.20. The van der Waals surface area contributed by atoms with Gasteiger partial charge in [-0.2, -0.15) is 0 Å². The van der Waals surface area contributed by atoms with E-state index < -0.39 is 7.25 Å². The summed E-state index contributed by atoms with van der Waals surface area (Å²) in [5.74, 6) is 0. The molecule has 0 aromatic heterocycles. The monoisotopic (exact) mass is 236 g/mol. The minimum absolute atomic E-state index is 0.148. The van der Waals surface area contributed by atoms with Crippen molar-refractivity contribution < 1.29 is 22.4 Å². The Bertz CT molecular complexity index is 341. The van der Waals surface area contributed by atoms with Gasteiger partial charge < -0.3 is 22.4 Å². The predicted octanol–water partition coefficient (Wildman–Crippen LogP) is 3.01. The topological polar surface area (TPSA) is 48.4 Å². The van der Waals surface area contributed by atoms with Crippen molar-refractivity contribution in [1.82, 2.24) is 0 Å². The van der Waals surface area contributed by atoms with Crippen LogP contribution in [0.3, 0.4) is 0 Å². The van der Waals surface area contributed by atoms with Crippen molar-refractivity contribution in [2.75, 3.05) is 6.61 Å². The van der Waals surface area contributed by atoms with Crippen molar-refractivity contribution in [3.05, 3.63) is 34.8 Å². The van der Waals surface area contributed by atoms with Crippen LogP contribution in [-0.4, -0.2) is 19.0 Å². The highest BCUT2D eigenvalue weighted by molar-refractivity contribution is 6.50. The lowest BCUT2D eigenvalue weighted by Crippen LogP contribution is -2.02. The Morgan fingerprint density at radius 3 is 1.88 bits per heavy atom. The SMILES string of the molecule is F[B-](F)(F)F.N#[N+]c1ccc(CCO)cc1. The number of diazo groups is 1. The first kappa shape index (κ1) is 14.4. The molecule has 8 heteroatoms. The Labute approximate surface area is 89.4 Å². The molecule has 0 atom stereocenters. The van der Waals surface area contributed by atoms with Crippen molar-refractivity contribution in [3.8, 4) is 0 Å². The van der Waals surface area contributed by atoms with Crippen LogP contribution in [0.2, 0.25) is 0 Å². The summed E-state index contributed by atoms with van der Waals surface area (Å²) in [6.07, 6.45) is 0.645. The average Bonchev–Trinajstić information content (AvgIpc) is 2.17. The maximum absolute atomic E-state index is 9.75. The number of aliphatic hydroxyl groups is 1. The van der Waals surface area contributed by atoms with Gasteiger partial charge in [0.05, 0.1) is 0 Å². The second kappa shape index (κ2) is 6.79. The molecule has 16 heavy (non-hydrogen) atoms. The van der Waals surface area contributed by atoms with E-state index in [4.69, 9.17) is 10.5 Å². The maximum Gasteiger partial charge on any atom is 0.673 e. The first-order chi connectivity index (χ1) is 7.36. The molecule has 0 aliphatic rings. The Hall–Kier alpha value is -1.62. The van der Waals surface area contributed by atoms with Gasteiger partial charge in [-0.15, -0.1) is 0 Å². The Kier molecular flexibility index (Phi) is 6.11. The summed E-state index contributed by atoms with van der Waals surface area (Å²) in [4.78, 5) is 3.01. The molecule has 1 rings (SSSR count). The lowest BCUT2D eigenvalue weighted by atomic mass is 10.1. The molecule has 0 aliphatic heterocycles. The third-order valence-corrected chi connectivity index (χ3v) is 1.45. The molecular formula is C8H9BF4N2O. The molecule has 0 bridgehead atoms. The third kappa shape index (κ3) is 8.96. The summed E-state index contributed by atoms with van der Waals surface area (Å²) >= 11 is 0. The molecule has 1 aromatic rings. The van der Waals surface area contributed by atoms with Gasteiger partial charge in [-0.25, -0.2) is 0 Å². The normalized spacial score (nSPS) is 10.0. The smallest absolute Gasteiger partial charge is 0.418 e. The van der Waals surface area contributed by atoms with Gasteiger partial charge in [-0.3, -0.25) is 0 Å². The zero-order chi connectivity index (χ0) is 12.6. The highest BCUT2D eigenvalue weighted by atomic mass is 19.5. The molecule has 0 amide bonds. The lowest BCUT2D eigenvalue weighted by Gasteiger charge is -1.94. The van der Waals surface area contributed by atoms with Gasteiger partial charge in [0, 0.05) is 18.7 Å². The fourth-order valence-electron chi connectivity index (χ4n) is 0.858. The largest absolute Gasteiger partial charge is 0.673 e. The van der Waals surface area contributed by atoms with E-state index in [0.717, 1.165) is 5.56 Å². The van der Waals surface area contributed by atoms with E-state index in [1.165, 1.54) is 0 Å². The predicted molar refractivity (Wildman–Crippen MR) is 52.2 cm³/mol. The number of halogens is 4. The average molecular weight is 236 g/mol. The molecule has 0 radical (unpaired) electrons. The molecule has 0 spiro atoms. The number of hydrogen-bond acceptors (Lipinski definition) is 2. The summed E-state index contributed by atoms with van der Waals surface area (Å²) < 4.78 is 39.0. The van der Waals surface area contributed by atoms with Crippen LogP contribution in [0.25, 0.3) is 4.98 Å². The number of hydrogen-bond donors (Lipinski definition) is 1. The fourth-order valence-corrected chi connectivity index (χ4v) is 0.858. The van der Waals surface area contributed by atoms with Gasteiger partial charge in [0.2, 0.25) is 5.39 Å². The number of rotatable bonds is 2. The van der Waals surface area contributed by atoms with Crippen molar-refractivity contribution in [1.29, 1.82) is 5.39 Å². The molecule has 1 N–H and O–H groups in total. The number of benzene rings is 1. The minimum atomic E-state index is -6.00. The molecule has 0 heterocycles. The van der Waals surface area contributed by atoms with Crippen LogP contribution in [0.4, 0.5) is 23.0 Å². The molecule has 0 saturated heterocycles. The van der Waals surface area contributed by atoms with Gasteiger partial charge in [0.1, 0.15) is 0 Å². The van der Waals surface area contributed by atoms with E-state index in [0.29, 0.717) is 12.1 Å². The number of nitrogens with zero attached hydrogens (tertiary/aromatic N) is 2. The summed E-state index contributed by atoms with van der Waals surface area (Å²) in [5.41, 5.74) is 1.58. The standard InChI is InChI=1S/C8H9N2O.BF4/c9-10-8-3-1-7(2-4-8)5-6-11;2-1(3,4)5/h1-4,11H,5-6H2;/q+1;-1. The minimum Gasteiger partial charge on any atom is -0.418 e. The van der Waals surface area contributed by atoms with Crippen LogP contribution < -0.4 is 0 Å². The first-order valence-corrected chi connectivity index (χ1v) is 4.29. The Morgan fingerprint density at radius 2 is 1.56 bits per heavy atom. The van der Waals surface area contributed by atoms with Crippen molar-refractivity contribution in [2.45, 2.75) is 6.42 Å². The van der Waals surface area contributed by atoms with Crippen LogP contribution in [-0.2, 0) is 6.42 Å². The summed E-state index contributed by atoms with van der Waals surface area (Å²) in [6, 6.07) is 7.05. The van der Waals surface area contributed by atoms with E-state index in [-0.39, 0.29) is 6.61 Å². The van der Waals surface area contributed by atoms with Gasteiger partial charge >= 0.3 is 12.9 Å². The van der Waals surface area contributed by atoms with Crippen molar-refractivity contribution in [2.24, 2.45) is 0 Å². The van der Waals surface area contributed by atoms with Gasteiger partial charge in [-0.05, 0) is 12.0 Å². The van der Waals surface area contributed by atoms with E-state index >= 15 is 0 Å². The summed E-state index contributed by atoms with van der Waals surface area (Å²) in [7, 11) is -6.00. The summed E-state index contributed by atoms with van der Waals surface area (Å²) in [6.45, 7) is 0.148. The molecule has 0 fully saturated rings. The van der Waals surface area contributed by atoms with Gasteiger partial charge in [-0.1, -0.05) is 12.1 Å². The van der Waals surface area contributed by atoms with Gasteiger partial charge in [0.15, 0.2) is 4.98 Å². The zero-order valence-corrected chi connectivity index (χ0v) is 8.15. The van der Waals surface area contributed by atoms with Gasteiger partial charge in [0.25, 0.3) is 0 Å². The first-order valence-electron chi connectivity index (χ1n) is 4.29.